The van der Waals surface area contributed by atoms with Crippen LogP contribution in [0.1, 0.15) is 122 Å². The van der Waals surface area contributed by atoms with Crippen LogP contribution in [-0.4, -0.2) is 87.1 Å². The Morgan fingerprint density at radius 2 is 0.864 bits per heavy atom. The van der Waals surface area contributed by atoms with Crippen molar-refractivity contribution in [2.45, 2.75) is 174 Å². The summed E-state index contributed by atoms with van der Waals surface area (Å²) in [6.07, 6.45) is -2.71. The molecule has 0 radical (unpaired) electrons. The van der Waals surface area contributed by atoms with Gasteiger partial charge in [0.2, 0.25) is 0 Å². The second-order valence-electron chi connectivity index (χ2n) is 22.1. The zero-order valence-electron chi connectivity index (χ0n) is 47.5. The highest BCUT2D eigenvalue weighted by atomic mass is 19.1. The Bertz CT molecular complexity index is 2690. The van der Waals surface area contributed by atoms with E-state index in [1.165, 1.54) is 24.3 Å². The van der Waals surface area contributed by atoms with E-state index in [2.05, 4.69) is 10.6 Å². The number of carboxylic acid groups (broad SMARTS) is 1. The first-order valence-electron chi connectivity index (χ1n) is 27.2. The number of halogens is 4. The maximum Gasteiger partial charge on any atom is 0.408 e. The topological polar surface area (TPSA) is 199 Å². The number of hydrogen-bond acceptors (Lipinski definition) is 11. The van der Waals surface area contributed by atoms with Gasteiger partial charge in [-0.05, 0) is 146 Å². The molecule has 0 fully saturated rings. The quantitative estimate of drug-likeness (QED) is 0.0181. The van der Waals surface area contributed by atoms with E-state index in [1.54, 1.807) is 55.4 Å². The van der Waals surface area contributed by atoms with Gasteiger partial charge in [0, 0.05) is 12.1 Å². The number of aliphatic hydroxyl groups excluding tert-OH is 2. The standard InChI is InChI=1S/C35H43F2NO6.C28H37F2NO6/c1-24(39)32(42-22-25-12-7-5-8-13-25)28(20-27-18-19-29(36)21-30(27)37)16-11-17-31(38-34(41)44-35(2,3)4)33(40)43-23-26-14-9-6-10-15-26;1-18(32)25(36-17-19-9-6-5-7-10-19)21(15-20-13-14-22(29)16-23(20)30)11-8-12-24(26(33)34)31-27(35)37-28(2,3)4/h5-10,12-15,18-19,21,24,28,31-32,39H,11,16-17,20,22-23H2,1-4H3,(H,38,41);5-7,9-10,13-14,16,18,21,24-25,32H,8,11-12,15,17H2,1-4H3,(H,31,35)(H,33,34)/t24-,28+,31-,32?;18-,21+,24-,25?/m00/s1. The Labute approximate surface area is 473 Å². The van der Waals surface area contributed by atoms with E-state index in [9.17, 15) is 52.1 Å². The van der Waals surface area contributed by atoms with Crippen molar-refractivity contribution >= 4 is 24.1 Å². The number of aliphatic hydroxyl groups is 2. The van der Waals surface area contributed by atoms with Gasteiger partial charge >= 0.3 is 24.1 Å². The molecule has 0 aliphatic carbocycles. The van der Waals surface area contributed by atoms with Crippen molar-refractivity contribution in [2.75, 3.05) is 0 Å². The van der Waals surface area contributed by atoms with Crippen LogP contribution in [0.5, 0.6) is 0 Å². The van der Waals surface area contributed by atoms with E-state index in [0.29, 0.717) is 25.7 Å². The third-order valence-electron chi connectivity index (χ3n) is 12.8. The van der Waals surface area contributed by atoms with Gasteiger partial charge in [0.15, 0.2) is 0 Å². The minimum Gasteiger partial charge on any atom is -0.480 e. The lowest BCUT2D eigenvalue weighted by Crippen LogP contribution is -2.44. The lowest BCUT2D eigenvalue weighted by atomic mass is 9.86. The Balaban J connectivity index is 0.000000354. The molecule has 0 saturated carbocycles. The molecule has 2 unspecified atom stereocenters. The number of ether oxygens (including phenoxy) is 5. The highest BCUT2D eigenvalue weighted by Crippen LogP contribution is 2.29. The molecule has 5 aromatic carbocycles. The highest BCUT2D eigenvalue weighted by Gasteiger charge is 2.32. The molecule has 18 heteroatoms. The highest BCUT2D eigenvalue weighted by molar-refractivity contribution is 5.81. The summed E-state index contributed by atoms with van der Waals surface area (Å²) in [5, 5.41) is 35.8. The largest absolute Gasteiger partial charge is 0.480 e. The predicted molar refractivity (Wildman–Crippen MR) is 298 cm³/mol. The number of benzene rings is 5. The van der Waals surface area contributed by atoms with Crippen LogP contribution in [0.25, 0.3) is 0 Å². The monoisotopic (exact) mass is 1130 g/mol. The third kappa shape index (κ3) is 25.6. The lowest BCUT2D eigenvalue weighted by molar-refractivity contribution is -0.147. The van der Waals surface area contributed by atoms with Gasteiger partial charge in [0.1, 0.15) is 53.2 Å². The fourth-order valence-electron chi connectivity index (χ4n) is 8.98. The molecule has 0 aliphatic heterocycles. The first-order valence-corrected chi connectivity index (χ1v) is 27.2. The van der Waals surface area contributed by atoms with E-state index in [1.807, 2.05) is 91.0 Å². The van der Waals surface area contributed by atoms with Crippen LogP contribution in [0.4, 0.5) is 27.2 Å². The minimum atomic E-state index is -1.21. The number of aliphatic carboxylic acids is 1. The molecule has 0 spiro atoms. The first kappa shape index (κ1) is 66.7. The van der Waals surface area contributed by atoms with Gasteiger partial charge in [-0.1, -0.05) is 116 Å². The van der Waals surface area contributed by atoms with Crippen LogP contribution in [0.15, 0.2) is 127 Å². The number of carboxylic acids is 1. The average molecular weight is 1130 g/mol. The summed E-state index contributed by atoms with van der Waals surface area (Å²) >= 11 is 0. The Hall–Kier alpha value is -6.86. The fraction of sp³-hybridized carbons (Fsp3) is 0.460. The average Bonchev–Trinajstić information content (AvgIpc) is 3.39. The smallest absolute Gasteiger partial charge is 0.408 e. The number of esters is 1. The van der Waals surface area contributed by atoms with Crippen LogP contribution in [0.2, 0.25) is 0 Å². The number of carbonyl (C=O) groups excluding carboxylic acids is 3. The van der Waals surface area contributed by atoms with Crippen molar-refractivity contribution in [3.63, 3.8) is 0 Å². The van der Waals surface area contributed by atoms with Crippen LogP contribution in [0.3, 0.4) is 0 Å². The predicted octanol–water partition coefficient (Wildman–Crippen LogP) is 12.1. The van der Waals surface area contributed by atoms with Crippen LogP contribution in [0, 0.1) is 35.1 Å². The van der Waals surface area contributed by atoms with E-state index in [-0.39, 0.29) is 56.6 Å². The van der Waals surface area contributed by atoms with Crippen molar-refractivity contribution in [3.05, 3.63) is 178 Å². The molecular weight excluding hydrogens is 1050 g/mol. The number of alkyl carbamates (subject to hydrolysis) is 2. The molecule has 442 valence electrons. The van der Waals surface area contributed by atoms with Crippen LogP contribution >= 0.6 is 0 Å². The van der Waals surface area contributed by atoms with Crippen molar-refractivity contribution in [1.82, 2.24) is 10.6 Å². The Kier molecular flexibility index (Phi) is 27.3. The third-order valence-corrected chi connectivity index (χ3v) is 12.8. The SMILES string of the molecule is C[C@H](O)C(OCc1ccccc1)[C@H](CCC[C@H](NC(=O)OC(C)(C)C)C(=O)O)Cc1ccc(F)cc1F.C[C@H](O)C(OCc1ccccc1)[C@H](CCC[C@H](NC(=O)OC(C)(C)C)C(=O)OCc1ccccc1)Cc1ccc(F)cc1F. The zero-order chi connectivity index (χ0) is 59.7. The van der Waals surface area contributed by atoms with Gasteiger partial charge in [-0.2, -0.15) is 0 Å². The molecule has 8 atom stereocenters. The molecule has 0 bridgehead atoms. The van der Waals surface area contributed by atoms with Crippen molar-refractivity contribution in [3.8, 4) is 0 Å². The summed E-state index contributed by atoms with van der Waals surface area (Å²) in [7, 11) is 0. The fourth-order valence-corrected chi connectivity index (χ4v) is 8.98. The van der Waals surface area contributed by atoms with Crippen molar-refractivity contribution < 1.29 is 75.7 Å². The summed E-state index contributed by atoms with van der Waals surface area (Å²) in [6.45, 7) is 13.9. The molecule has 0 aliphatic rings. The van der Waals surface area contributed by atoms with Crippen LogP contribution in [-0.2, 0) is 65.9 Å². The van der Waals surface area contributed by atoms with Crippen LogP contribution < -0.4 is 10.6 Å². The maximum absolute atomic E-state index is 14.7. The van der Waals surface area contributed by atoms with Gasteiger partial charge in [-0.3, -0.25) is 0 Å². The minimum absolute atomic E-state index is 0.0378. The second kappa shape index (κ2) is 33.2. The molecule has 2 amide bonds. The molecule has 0 heterocycles. The normalized spacial score (nSPS) is 14.5. The number of amides is 2. The van der Waals surface area contributed by atoms with E-state index < -0.39 is 107 Å². The molecule has 0 aromatic heterocycles. The molecule has 5 N–H and O–H groups in total. The Morgan fingerprint density at radius 1 is 0.506 bits per heavy atom. The molecule has 81 heavy (non-hydrogen) atoms. The first-order chi connectivity index (χ1) is 38.3. The molecule has 14 nitrogen and oxygen atoms in total. The van der Waals surface area contributed by atoms with E-state index in [0.717, 1.165) is 28.8 Å². The maximum atomic E-state index is 14.7. The second-order valence-corrected chi connectivity index (χ2v) is 22.1. The van der Waals surface area contributed by atoms with Gasteiger partial charge in [-0.15, -0.1) is 0 Å². The number of hydrogen-bond donors (Lipinski definition) is 5. The summed E-state index contributed by atoms with van der Waals surface area (Å²) in [6, 6.07) is 32.6. The Morgan fingerprint density at radius 3 is 1.21 bits per heavy atom. The van der Waals surface area contributed by atoms with Crippen molar-refractivity contribution in [1.29, 1.82) is 0 Å². The van der Waals surface area contributed by atoms with E-state index in [4.69, 9.17) is 23.7 Å². The summed E-state index contributed by atoms with van der Waals surface area (Å²) in [5.74, 6) is -5.40. The van der Waals surface area contributed by atoms with Gasteiger partial charge < -0.3 is 49.6 Å². The zero-order valence-corrected chi connectivity index (χ0v) is 47.5. The lowest BCUT2D eigenvalue weighted by Gasteiger charge is -2.30. The van der Waals surface area contributed by atoms with Gasteiger partial charge in [-0.25, -0.2) is 36.7 Å². The number of nitrogens with one attached hydrogen (secondary N) is 2. The van der Waals surface area contributed by atoms with Crippen molar-refractivity contribution in [2.24, 2.45) is 11.8 Å². The molecular formula is C63H80F4N2O12. The summed E-state index contributed by atoms with van der Waals surface area (Å²) in [4.78, 5) is 49.5. The number of carbonyl (C=O) groups is 4. The molecule has 5 rings (SSSR count). The van der Waals surface area contributed by atoms with Gasteiger partial charge in [0.25, 0.3) is 0 Å². The molecule has 5 aromatic rings. The summed E-state index contributed by atoms with van der Waals surface area (Å²) < 4.78 is 84.6. The van der Waals surface area contributed by atoms with E-state index >= 15 is 0 Å². The van der Waals surface area contributed by atoms with Gasteiger partial charge in [0.05, 0.1) is 37.6 Å². The summed E-state index contributed by atoms with van der Waals surface area (Å²) in [5.41, 5.74) is 1.61. The molecule has 0 saturated heterocycles. The number of rotatable bonds is 28.